The molecule has 2 aromatic carbocycles. The molecule has 0 aliphatic heterocycles. The molecule has 0 aliphatic rings. The van der Waals surface area contributed by atoms with E-state index in [1.807, 2.05) is 13.0 Å². The van der Waals surface area contributed by atoms with E-state index in [2.05, 4.69) is 26.6 Å². The molecule has 7 heteroatoms. The summed E-state index contributed by atoms with van der Waals surface area (Å²) in [5.74, 6) is -0.261. The van der Waals surface area contributed by atoms with Gasteiger partial charge in [-0.05, 0) is 61.1 Å². The molecule has 0 spiro atoms. The van der Waals surface area contributed by atoms with E-state index in [0.717, 1.165) is 15.7 Å². The van der Waals surface area contributed by atoms with Gasteiger partial charge in [0.25, 0.3) is 5.91 Å². The van der Waals surface area contributed by atoms with Crippen LogP contribution in [0, 0.1) is 6.92 Å². The van der Waals surface area contributed by atoms with Gasteiger partial charge in [0, 0.05) is 21.4 Å². The predicted molar refractivity (Wildman–Crippen MR) is 101 cm³/mol. The van der Waals surface area contributed by atoms with Crippen molar-refractivity contribution >= 4 is 62.9 Å². The van der Waals surface area contributed by atoms with Gasteiger partial charge in [0.05, 0.1) is 0 Å². The lowest BCUT2D eigenvalue weighted by Crippen LogP contribution is -2.34. The second-order valence-corrected chi connectivity index (χ2v) is 5.76. The molecular weight excluding hydrogens is 386 g/mol. The quantitative estimate of drug-likeness (QED) is 0.528. The molecule has 0 fully saturated rings. The summed E-state index contributed by atoms with van der Waals surface area (Å²) >= 11 is 8.52. The smallest absolute Gasteiger partial charge is 0.257 e. The average Bonchev–Trinajstić information content (AvgIpc) is 2.44. The molecule has 0 radical (unpaired) electrons. The molecule has 2 rings (SSSR count). The maximum absolute atomic E-state index is 12.1. The summed E-state index contributed by atoms with van der Waals surface area (Å²) < 4.78 is 0.882. The van der Waals surface area contributed by atoms with Gasteiger partial charge in [0.1, 0.15) is 0 Å². The normalized spacial score (nSPS) is 9.55. The topological polar surface area (TPSA) is 67.2 Å². The fourth-order valence-electron chi connectivity index (χ4n) is 1.64. The molecular formula is C15H15BrClN3OS. The number of amides is 1. The Hall–Kier alpha value is -1.63. The van der Waals surface area contributed by atoms with Gasteiger partial charge in [0.15, 0.2) is 5.11 Å². The Balaban J connectivity index is 0.00000242. The SMILES string of the molecule is Cc1ccc(C(=O)NC(=S)Nc2ccc(N)cc2)cc1Br.Cl. The molecule has 22 heavy (non-hydrogen) atoms. The summed E-state index contributed by atoms with van der Waals surface area (Å²) in [6.45, 7) is 1.96. The number of hydrogen-bond donors (Lipinski definition) is 3. The fourth-order valence-corrected chi connectivity index (χ4v) is 2.23. The highest BCUT2D eigenvalue weighted by atomic mass is 79.9. The number of thiocarbonyl (C=S) groups is 1. The molecule has 0 aromatic heterocycles. The Labute approximate surface area is 149 Å². The van der Waals surface area contributed by atoms with Crippen molar-refractivity contribution in [1.29, 1.82) is 0 Å². The first kappa shape index (κ1) is 18.4. The minimum absolute atomic E-state index is 0. The molecule has 2 aromatic rings. The van der Waals surface area contributed by atoms with E-state index in [1.54, 1.807) is 36.4 Å². The lowest BCUT2D eigenvalue weighted by molar-refractivity contribution is 0.0977. The van der Waals surface area contributed by atoms with Gasteiger partial charge >= 0.3 is 0 Å². The van der Waals surface area contributed by atoms with Gasteiger partial charge in [0.2, 0.25) is 0 Å². The van der Waals surface area contributed by atoms with Crippen LogP contribution in [-0.4, -0.2) is 11.0 Å². The molecule has 0 bridgehead atoms. The van der Waals surface area contributed by atoms with Crippen molar-refractivity contribution in [3.05, 3.63) is 58.1 Å². The molecule has 4 nitrogen and oxygen atoms in total. The Morgan fingerprint density at radius 2 is 1.82 bits per heavy atom. The number of carbonyl (C=O) groups is 1. The van der Waals surface area contributed by atoms with Crippen LogP contribution in [0.2, 0.25) is 0 Å². The summed E-state index contributed by atoms with van der Waals surface area (Å²) in [6.07, 6.45) is 0. The fraction of sp³-hybridized carbons (Fsp3) is 0.0667. The van der Waals surface area contributed by atoms with E-state index in [4.69, 9.17) is 18.0 Å². The van der Waals surface area contributed by atoms with Gasteiger partial charge in [-0.25, -0.2) is 0 Å². The zero-order valence-electron chi connectivity index (χ0n) is 11.7. The predicted octanol–water partition coefficient (Wildman–Crippen LogP) is 3.89. The monoisotopic (exact) mass is 399 g/mol. The van der Waals surface area contributed by atoms with Crippen molar-refractivity contribution in [1.82, 2.24) is 5.32 Å². The van der Waals surface area contributed by atoms with Gasteiger partial charge < -0.3 is 11.1 Å². The minimum atomic E-state index is -0.261. The summed E-state index contributed by atoms with van der Waals surface area (Å²) in [5.41, 5.74) is 8.64. The molecule has 1 amide bonds. The van der Waals surface area contributed by atoms with Crippen molar-refractivity contribution in [2.24, 2.45) is 0 Å². The standard InChI is InChI=1S/C15H14BrN3OS.ClH/c1-9-2-3-10(8-13(9)16)14(20)19-15(21)18-12-6-4-11(17)5-7-12;/h2-8H,17H2,1H3,(H2,18,19,20,21);1H. The first-order valence-corrected chi connectivity index (χ1v) is 7.40. The van der Waals surface area contributed by atoms with Gasteiger partial charge in [-0.3, -0.25) is 10.1 Å². The summed E-state index contributed by atoms with van der Waals surface area (Å²) in [4.78, 5) is 12.1. The molecule has 0 atom stereocenters. The second kappa shape index (κ2) is 8.12. The maximum atomic E-state index is 12.1. The first-order chi connectivity index (χ1) is 9.95. The highest BCUT2D eigenvalue weighted by Crippen LogP contribution is 2.17. The number of benzene rings is 2. The zero-order chi connectivity index (χ0) is 15.4. The van der Waals surface area contributed by atoms with Gasteiger partial charge in [-0.1, -0.05) is 22.0 Å². The average molecular weight is 401 g/mol. The molecule has 4 N–H and O–H groups in total. The van der Waals surface area contributed by atoms with E-state index >= 15 is 0 Å². The summed E-state index contributed by atoms with van der Waals surface area (Å²) in [5, 5.41) is 5.80. The molecule has 0 aliphatic carbocycles. The van der Waals surface area contributed by atoms with Crippen molar-refractivity contribution in [3.8, 4) is 0 Å². The molecule has 0 saturated heterocycles. The van der Waals surface area contributed by atoms with E-state index in [9.17, 15) is 4.79 Å². The third kappa shape index (κ3) is 4.98. The van der Waals surface area contributed by atoms with Crippen LogP contribution in [-0.2, 0) is 0 Å². The van der Waals surface area contributed by atoms with Crippen LogP contribution in [0.3, 0.4) is 0 Å². The van der Waals surface area contributed by atoms with Crippen molar-refractivity contribution in [2.45, 2.75) is 6.92 Å². The number of halogens is 2. The number of anilines is 2. The largest absolute Gasteiger partial charge is 0.399 e. The highest BCUT2D eigenvalue weighted by molar-refractivity contribution is 9.10. The number of hydrogen-bond acceptors (Lipinski definition) is 3. The third-order valence-electron chi connectivity index (χ3n) is 2.83. The molecule has 0 heterocycles. The highest BCUT2D eigenvalue weighted by Gasteiger charge is 2.09. The van der Waals surface area contributed by atoms with Crippen LogP contribution >= 0.6 is 40.6 Å². The summed E-state index contributed by atoms with van der Waals surface area (Å²) in [6, 6.07) is 12.5. The second-order valence-electron chi connectivity index (χ2n) is 4.49. The maximum Gasteiger partial charge on any atom is 0.257 e. The number of carbonyl (C=O) groups excluding carboxylic acids is 1. The number of nitrogens with two attached hydrogens (primary N) is 1. The lowest BCUT2D eigenvalue weighted by atomic mass is 10.1. The van der Waals surface area contributed by atoms with E-state index in [-0.39, 0.29) is 23.4 Å². The number of aryl methyl sites for hydroxylation is 1. The Bertz CT molecular complexity index is 692. The van der Waals surface area contributed by atoms with E-state index in [0.29, 0.717) is 11.3 Å². The van der Waals surface area contributed by atoms with Crippen molar-refractivity contribution in [3.63, 3.8) is 0 Å². The van der Waals surface area contributed by atoms with Gasteiger partial charge in [-0.15, -0.1) is 12.4 Å². The van der Waals surface area contributed by atoms with E-state index < -0.39 is 0 Å². The lowest BCUT2D eigenvalue weighted by Gasteiger charge is -2.10. The number of nitrogen functional groups attached to an aromatic ring is 1. The third-order valence-corrected chi connectivity index (χ3v) is 3.89. The van der Waals surface area contributed by atoms with Crippen molar-refractivity contribution in [2.75, 3.05) is 11.1 Å². The Kier molecular flexibility index (Phi) is 6.80. The Morgan fingerprint density at radius 1 is 1.18 bits per heavy atom. The molecule has 116 valence electrons. The first-order valence-electron chi connectivity index (χ1n) is 6.20. The summed E-state index contributed by atoms with van der Waals surface area (Å²) in [7, 11) is 0. The van der Waals surface area contributed by atoms with Crippen LogP contribution in [0.1, 0.15) is 15.9 Å². The van der Waals surface area contributed by atoms with Crippen LogP contribution < -0.4 is 16.4 Å². The van der Waals surface area contributed by atoms with E-state index in [1.165, 1.54) is 0 Å². The molecule has 0 saturated carbocycles. The number of nitrogens with one attached hydrogen (secondary N) is 2. The van der Waals surface area contributed by atoms with Crippen molar-refractivity contribution < 1.29 is 4.79 Å². The zero-order valence-corrected chi connectivity index (χ0v) is 14.9. The van der Waals surface area contributed by atoms with Crippen LogP contribution in [0.15, 0.2) is 46.9 Å². The van der Waals surface area contributed by atoms with Crippen LogP contribution in [0.25, 0.3) is 0 Å². The van der Waals surface area contributed by atoms with Gasteiger partial charge in [-0.2, -0.15) is 0 Å². The van der Waals surface area contributed by atoms with Crippen LogP contribution in [0.4, 0.5) is 11.4 Å². The van der Waals surface area contributed by atoms with Crippen LogP contribution in [0.5, 0.6) is 0 Å². The minimum Gasteiger partial charge on any atom is -0.399 e. The Morgan fingerprint density at radius 3 is 2.41 bits per heavy atom. The molecule has 0 unspecified atom stereocenters. The number of rotatable bonds is 2.